The molecule has 0 saturated carbocycles. The van der Waals surface area contributed by atoms with E-state index in [-0.39, 0.29) is 12.2 Å². The van der Waals surface area contributed by atoms with Crippen LogP contribution in [0.5, 0.6) is 0 Å². The Morgan fingerprint density at radius 1 is 1.39 bits per heavy atom. The smallest absolute Gasteiger partial charge is 0.307 e. The molecule has 0 bridgehead atoms. The van der Waals surface area contributed by atoms with Gasteiger partial charge in [0.15, 0.2) is 0 Å². The molecule has 0 aliphatic carbocycles. The van der Waals surface area contributed by atoms with Gasteiger partial charge in [-0.25, -0.2) is 9.37 Å². The summed E-state index contributed by atoms with van der Waals surface area (Å²) < 4.78 is 13.5. The molecule has 0 aliphatic rings. The van der Waals surface area contributed by atoms with Crippen molar-refractivity contribution in [1.29, 1.82) is 0 Å². The Kier molecular flexibility index (Phi) is 4.04. The Balaban J connectivity index is 2.12. The van der Waals surface area contributed by atoms with Gasteiger partial charge in [0.25, 0.3) is 0 Å². The molecule has 0 spiro atoms. The fourth-order valence-corrected chi connectivity index (χ4v) is 2.34. The second kappa shape index (κ2) is 5.73. The van der Waals surface area contributed by atoms with Crippen LogP contribution in [0.15, 0.2) is 35.2 Å². The van der Waals surface area contributed by atoms with E-state index in [2.05, 4.69) is 4.98 Å². The van der Waals surface area contributed by atoms with Crippen molar-refractivity contribution in [2.45, 2.75) is 12.8 Å². The monoisotopic (exact) mass is 265 g/mol. The average molecular weight is 265 g/mol. The summed E-state index contributed by atoms with van der Waals surface area (Å²) in [5.74, 6) is -1.93. The van der Waals surface area contributed by atoms with Crippen molar-refractivity contribution in [3.8, 4) is 0 Å². The molecule has 0 saturated heterocycles. The molecule has 0 aliphatic heterocycles. The Bertz CT molecular complexity index is 528. The molecule has 0 radical (unpaired) electrons. The van der Waals surface area contributed by atoms with Crippen LogP contribution < -0.4 is 0 Å². The number of nitrogens with zero attached hydrogens (tertiary/aromatic N) is 1. The first-order valence-corrected chi connectivity index (χ1v) is 6.44. The minimum atomic E-state index is -0.925. The molecule has 3 nitrogen and oxygen atoms in total. The summed E-state index contributed by atoms with van der Waals surface area (Å²) in [6, 6.07) is 6.26. The molecule has 1 N–H and O–H groups in total. The minimum absolute atomic E-state index is 0.180. The summed E-state index contributed by atoms with van der Waals surface area (Å²) in [5, 5.41) is 11.0. The lowest BCUT2D eigenvalue weighted by molar-refractivity contribution is -0.141. The van der Waals surface area contributed by atoms with Crippen LogP contribution in [-0.4, -0.2) is 16.1 Å². The lowest BCUT2D eigenvalue weighted by Gasteiger charge is -2.11. The molecule has 1 heterocycles. The summed E-state index contributed by atoms with van der Waals surface area (Å²) in [7, 11) is 0. The maximum absolute atomic E-state index is 13.5. The second-order valence-electron chi connectivity index (χ2n) is 4.01. The standard InChI is InChI=1S/C13H12FNO2S/c14-12-4-2-1-3-9(12)5-10(13(16)17)6-11-7-18-8-15-11/h1-4,7-8,10H,5-6H2,(H,16,17). The number of carboxylic acids is 1. The van der Waals surface area contributed by atoms with E-state index < -0.39 is 11.9 Å². The first-order valence-electron chi connectivity index (χ1n) is 5.50. The summed E-state index contributed by atoms with van der Waals surface area (Å²) in [6.07, 6.45) is 0.507. The number of halogens is 1. The topological polar surface area (TPSA) is 50.2 Å². The van der Waals surface area contributed by atoms with E-state index >= 15 is 0 Å². The van der Waals surface area contributed by atoms with Gasteiger partial charge < -0.3 is 5.11 Å². The number of rotatable bonds is 5. The van der Waals surface area contributed by atoms with Gasteiger partial charge in [-0.05, 0) is 18.1 Å². The molecule has 5 heteroatoms. The van der Waals surface area contributed by atoms with Crippen LogP contribution in [0.1, 0.15) is 11.3 Å². The normalized spacial score (nSPS) is 12.3. The SMILES string of the molecule is O=C(O)C(Cc1cscn1)Cc1ccccc1F. The van der Waals surface area contributed by atoms with Gasteiger partial charge in [0.1, 0.15) is 5.82 Å². The third-order valence-corrected chi connectivity index (χ3v) is 3.35. The first kappa shape index (κ1) is 12.7. The molecule has 1 aromatic heterocycles. The fourth-order valence-electron chi connectivity index (χ4n) is 1.77. The van der Waals surface area contributed by atoms with Crippen molar-refractivity contribution in [3.63, 3.8) is 0 Å². The van der Waals surface area contributed by atoms with Crippen molar-refractivity contribution in [2.24, 2.45) is 5.92 Å². The predicted octanol–water partition coefficient (Wildman–Crippen LogP) is 2.77. The van der Waals surface area contributed by atoms with Crippen molar-refractivity contribution in [2.75, 3.05) is 0 Å². The highest BCUT2D eigenvalue weighted by molar-refractivity contribution is 7.07. The van der Waals surface area contributed by atoms with E-state index in [1.807, 2.05) is 5.38 Å². The van der Waals surface area contributed by atoms with Crippen LogP contribution in [0.3, 0.4) is 0 Å². The number of thiazole rings is 1. The molecule has 2 aromatic rings. The zero-order chi connectivity index (χ0) is 13.0. The third kappa shape index (κ3) is 3.13. The quantitative estimate of drug-likeness (QED) is 0.904. The van der Waals surface area contributed by atoms with Crippen molar-refractivity contribution in [3.05, 3.63) is 52.2 Å². The maximum atomic E-state index is 13.5. The van der Waals surface area contributed by atoms with Crippen LogP contribution in [0, 0.1) is 11.7 Å². The van der Waals surface area contributed by atoms with Gasteiger partial charge in [-0.3, -0.25) is 4.79 Å². The number of hydrogen-bond acceptors (Lipinski definition) is 3. The van der Waals surface area contributed by atoms with Gasteiger partial charge in [0, 0.05) is 11.8 Å². The van der Waals surface area contributed by atoms with E-state index in [0.717, 1.165) is 5.69 Å². The first-order chi connectivity index (χ1) is 8.66. The van der Waals surface area contributed by atoms with Gasteiger partial charge >= 0.3 is 5.97 Å². The van der Waals surface area contributed by atoms with Crippen molar-refractivity contribution >= 4 is 17.3 Å². The summed E-state index contributed by atoms with van der Waals surface area (Å²) in [5.41, 5.74) is 2.83. The molecular formula is C13H12FNO2S. The predicted molar refractivity (Wildman–Crippen MR) is 67.0 cm³/mol. The van der Waals surface area contributed by atoms with Crippen LogP contribution >= 0.6 is 11.3 Å². The Labute approximate surface area is 108 Å². The lowest BCUT2D eigenvalue weighted by Crippen LogP contribution is -2.19. The molecule has 0 fully saturated rings. The zero-order valence-corrected chi connectivity index (χ0v) is 10.4. The highest BCUT2D eigenvalue weighted by atomic mass is 32.1. The van der Waals surface area contributed by atoms with Crippen LogP contribution in [0.2, 0.25) is 0 Å². The van der Waals surface area contributed by atoms with Gasteiger partial charge in [0.05, 0.1) is 17.1 Å². The lowest BCUT2D eigenvalue weighted by atomic mass is 9.95. The Morgan fingerprint density at radius 3 is 2.78 bits per heavy atom. The van der Waals surface area contributed by atoms with Gasteiger partial charge in [-0.1, -0.05) is 18.2 Å². The average Bonchev–Trinajstić information content (AvgIpc) is 2.83. The molecular weight excluding hydrogens is 253 g/mol. The summed E-state index contributed by atoms with van der Waals surface area (Å²) >= 11 is 1.42. The number of hydrogen-bond donors (Lipinski definition) is 1. The molecule has 2 rings (SSSR count). The zero-order valence-electron chi connectivity index (χ0n) is 9.54. The Morgan fingerprint density at radius 2 is 2.17 bits per heavy atom. The molecule has 94 valence electrons. The van der Waals surface area contributed by atoms with Gasteiger partial charge in [-0.15, -0.1) is 11.3 Å². The minimum Gasteiger partial charge on any atom is -0.481 e. The van der Waals surface area contributed by atoms with Crippen LogP contribution in [0.4, 0.5) is 4.39 Å². The molecule has 0 amide bonds. The molecule has 1 aromatic carbocycles. The number of benzene rings is 1. The fraction of sp³-hybridized carbons (Fsp3) is 0.231. The van der Waals surface area contributed by atoms with Crippen LogP contribution in [0.25, 0.3) is 0 Å². The van der Waals surface area contributed by atoms with E-state index in [1.165, 1.54) is 17.4 Å². The van der Waals surface area contributed by atoms with Crippen molar-refractivity contribution < 1.29 is 14.3 Å². The second-order valence-corrected chi connectivity index (χ2v) is 4.73. The van der Waals surface area contributed by atoms with E-state index in [0.29, 0.717) is 12.0 Å². The number of carbonyl (C=O) groups is 1. The van der Waals surface area contributed by atoms with Crippen LogP contribution in [-0.2, 0) is 17.6 Å². The van der Waals surface area contributed by atoms with Crippen molar-refractivity contribution in [1.82, 2.24) is 4.98 Å². The molecule has 1 atom stereocenters. The van der Waals surface area contributed by atoms with E-state index in [9.17, 15) is 14.3 Å². The highest BCUT2D eigenvalue weighted by Crippen LogP contribution is 2.17. The molecule has 18 heavy (non-hydrogen) atoms. The maximum Gasteiger partial charge on any atom is 0.307 e. The summed E-state index contributed by atoms with van der Waals surface area (Å²) in [4.78, 5) is 15.3. The largest absolute Gasteiger partial charge is 0.481 e. The number of carboxylic acid groups (broad SMARTS) is 1. The van der Waals surface area contributed by atoms with E-state index in [1.54, 1.807) is 23.7 Å². The highest BCUT2D eigenvalue weighted by Gasteiger charge is 2.20. The third-order valence-electron chi connectivity index (χ3n) is 2.71. The summed E-state index contributed by atoms with van der Waals surface area (Å²) in [6.45, 7) is 0. The van der Waals surface area contributed by atoms with E-state index in [4.69, 9.17) is 0 Å². The number of aromatic nitrogens is 1. The molecule has 1 unspecified atom stereocenters. The van der Waals surface area contributed by atoms with Gasteiger partial charge in [0.2, 0.25) is 0 Å². The Hall–Kier alpha value is -1.75. The van der Waals surface area contributed by atoms with Gasteiger partial charge in [-0.2, -0.15) is 0 Å². The number of aliphatic carboxylic acids is 1.